The van der Waals surface area contributed by atoms with Crippen LogP contribution in [-0.2, 0) is 6.42 Å². The Morgan fingerprint density at radius 2 is 1.94 bits per heavy atom. The van der Waals surface area contributed by atoms with Gasteiger partial charge in [0.2, 0.25) is 0 Å². The zero-order chi connectivity index (χ0) is 11.3. The molecule has 0 spiro atoms. The summed E-state index contributed by atoms with van der Waals surface area (Å²) in [5, 5.41) is 0. The fourth-order valence-electron chi connectivity index (χ4n) is 2.55. The quantitative estimate of drug-likeness (QED) is 0.827. The van der Waals surface area contributed by atoms with Crippen molar-refractivity contribution in [2.75, 3.05) is 0 Å². The molecule has 0 saturated heterocycles. The van der Waals surface area contributed by atoms with Crippen LogP contribution in [0.25, 0.3) is 0 Å². The van der Waals surface area contributed by atoms with Crippen molar-refractivity contribution in [2.45, 2.75) is 57.4 Å². The molecule has 3 rings (SSSR count). The average Bonchev–Trinajstić information content (AvgIpc) is 3.03. The molecule has 0 bridgehead atoms. The van der Waals surface area contributed by atoms with Crippen LogP contribution in [-0.4, -0.2) is 9.97 Å². The van der Waals surface area contributed by atoms with Crippen LogP contribution in [0, 0.1) is 0 Å². The molecule has 0 aromatic carbocycles. The number of hydrogen-bond donors (Lipinski definition) is 1. The van der Waals surface area contributed by atoms with E-state index < -0.39 is 0 Å². The molecule has 1 aromatic rings. The number of hydrogen-bond acceptors (Lipinski definition) is 3. The van der Waals surface area contributed by atoms with Gasteiger partial charge in [0.05, 0.1) is 5.69 Å². The van der Waals surface area contributed by atoms with Crippen molar-refractivity contribution in [1.82, 2.24) is 9.97 Å². The Morgan fingerprint density at radius 1 is 1.19 bits per heavy atom. The van der Waals surface area contributed by atoms with Crippen LogP contribution in [0.4, 0.5) is 0 Å². The van der Waals surface area contributed by atoms with Gasteiger partial charge in [0, 0.05) is 23.2 Å². The molecular weight excluding hydrogens is 198 g/mol. The van der Waals surface area contributed by atoms with Gasteiger partial charge >= 0.3 is 0 Å². The highest BCUT2D eigenvalue weighted by molar-refractivity contribution is 5.36. The van der Waals surface area contributed by atoms with E-state index in [1.54, 1.807) is 0 Å². The van der Waals surface area contributed by atoms with Gasteiger partial charge in [-0.05, 0) is 31.6 Å². The number of aromatic nitrogens is 2. The summed E-state index contributed by atoms with van der Waals surface area (Å²) in [6.07, 6.45) is 4.61. The van der Waals surface area contributed by atoms with Crippen LogP contribution in [0.2, 0.25) is 0 Å². The fraction of sp³-hybridized carbons (Fsp3) is 0.692. The first-order chi connectivity index (χ1) is 7.66. The summed E-state index contributed by atoms with van der Waals surface area (Å²) in [4.78, 5) is 9.48. The van der Waals surface area contributed by atoms with Crippen molar-refractivity contribution in [2.24, 2.45) is 5.73 Å². The zero-order valence-corrected chi connectivity index (χ0v) is 10.0. The molecule has 0 radical (unpaired) electrons. The summed E-state index contributed by atoms with van der Waals surface area (Å²) >= 11 is 0. The van der Waals surface area contributed by atoms with E-state index in [0.29, 0.717) is 11.8 Å². The Kier molecular flexibility index (Phi) is 2.25. The summed E-state index contributed by atoms with van der Waals surface area (Å²) in [6.45, 7) is 4.40. The molecular formula is C13H19N3. The van der Waals surface area contributed by atoms with Crippen LogP contribution in [0.1, 0.15) is 73.8 Å². The number of aryl methyl sites for hydroxylation is 1. The van der Waals surface area contributed by atoms with Gasteiger partial charge in [0.15, 0.2) is 0 Å². The first-order valence-corrected chi connectivity index (χ1v) is 6.33. The molecule has 2 aliphatic rings. The van der Waals surface area contributed by atoms with Crippen molar-refractivity contribution >= 4 is 0 Å². The number of nitrogens with two attached hydrogens (primary N) is 1. The molecule has 86 valence electrons. The van der Waals surface area contributed by atoms with Crippen LogP contribution in [0.5, 0.6) is 0 Å². The Labute approximate surface area is 96.5 Å². The van der Waals surface area contributed by atoms with E-state index in [1.807, 2.05) is 0 Å². The average molecular weight is 217 g/mol. The molecule has 0 amide bonds. The third-order valence-electron chi connectivity index (χ3n) is 3.62. The van der Waals surface area contributed by atoms with Crippen molar-refractivity contribution in [3.05, 3.63) is 22.8 Å². The van der Waals surface area contributed by atoms with Crippen LogP contribution in [0.15, 0.2) is 0 Å². The molecule has 2 aliphatic carbocycles. The molecule has 1 atom stereocenters. The standard InChI is InChI=1S/C13H19N3/c1-7(2)12-11-9(14)5-6-10(11)15-13(16-12)8-3-4-8/h7-9H,3-6,14H2,1-2H3. The summed E-state index contributed by atoms with van der Waals surface area (Å²) in [5.41, 5.74) is 9.83. The van der Waals surface area contributed by atoms with E-state index in [9.17, 15) is 0 Å². The van der Waals surface area contributed by atoms with Crippen LogP contribution >= 0.6 is 0 Å². The molecule has 2 N–H and O–H groups in total. The molecule has 16 heavy (non-hydrogen) atoms. The predicted molar refractivity (Wildman–Crippen MR) is 63.3 cm³/mol. The lowest BCUT2D eigenvalue weighted by molar-refractivity contribution is 0.686. The van der Waals surface area contributed by atoms with Crippen LogP contribution < -0.4 is 5.73 Å². The molecule has 1 heterocycles. The second-order valence-electron chi connectivity index (χ2n) is 5.40. The molecule has 0 aliphatic heterocycles. The highest BCUT2D eigenvalue weighted by Gasteiger charge is 2.32. The van der Waals surface area contributed by atoms with Gasteiger partial charge in [0.25, 0.3) is 0 Å². The van der Waals surface area contributed by atoms with Crippen molar-refractivity contribution < 1.29 is 0 Å². The first-order valence-electron chi connectivity index (χ1n) is 6.33. The smallest absolute Gasteiger partial charge is 0.131 e. The number of rotatable bonds is 2. The Bertz CT molecular complexity index is 421. The van der Waals surface area contributed by atoms with E-state index in [2.05, 4.69) is 13.8 Å². The maximum absolute atomic E-state index is 6.15. The summed E-state index contributed by atoms with van der Waals surface area (Å²) in [7, 11) is 0. The van der Waals surface area contributed by atoms with Gasteiger partial charge in [-0.15, -0.1) is 0 Å². The minimum Gasteiger partial charge on any atom is -0.324 e. The minimum atomic E-state index is 0.167. The van der Waals surface area contributed by atoms with Crippen LogP contribution in [0.3, 0.4) is 0 Å². The van der Waals surface area contributed by atoms with E-state index >= 15 is 0 Å². The first kappa shape index (κ1) is 10.2. The maximum atomic E-state index is 6.15. The van der Waals surface area contributed by atoms with Gasteiger partial charge in [-0.2, -0.15) is 0 Å². The highest BCUT2D eigenvalue weighted by Crippen LogP contribution is 2.41. The maximum Gasteiger partial charge on any atom is 0.131 e. The Balaban J connectivity index is 2.12. The number of nitrogens with zero attached hydrogens (tertiary/aromatic N) is 2. The third kappa shape index (κ3) is 1.54. The second kappa shape index (κ2) is 3.52. The van der Waals surface area contributed by atoms with Gasteiger partial charge in [-0.1, -0.05) is 13.8 Å². The Morgan fingerprint density at radius 3 is 2.56 bits per heavy atom. The lowest BCUT2D eigenvalue weighted by Gasteiger charge is -2.15. The van der Waals surface area contributed by atoms with Gasteiger partial charge in [-0.3, -0.25) is 0 Å². The zero-order valence-electron chi connectivity index (χ0n) is 10.0. The molecule has 1 fully saturated rings. The third-order valence-corrected chi connectivity index (χ3v) is 3.62. The second-order valence-corrected chi connectivity index (χ2v) is 5.40. The van der Waals surface area contributed by atoms with E-state index in [0.717, 1.165) is 18.7 Å². The van der Waals surface area contributed by atoms with E-state index in [4.69, 9.17) is 15.7 Å². The Hall–Kier alpha value is -0.960. The lowest BCUT2D eigenvalue weighted by Crippen LogP contribution is -2.13. The predicted octanol–water partition coefficient (Wildman–Crippen LogP) is 2.42. The number of fused-ring (bicyclic) bond motifs is 1. The van der Waals surface area contributed by atoms with Crippen molar-refractivity contribution in [3.63, 3.8) is 0 Å². The SMILES string of the molecule is CC(C)c1nc(C2CC2)nc2c1C(N)CC2. The van der Waals surface area contributed by atoms with Gasteiger partial charge in [-0.25, -0.2) is 9.97 Å². The molecule has 1 aromatic heterocycles. The van der Waals surface area contributed by atoms with Crippen molar-refractivity contribution in [3.8, 4) is 0 Å². The summed E-state index contributed by atoms with van der Waals surface area (Å²) in [5.74, 6) is 2.18. The largest absolute Gasteiger partial charge is 0.324 e. The fourth-order valence-corrected chi connectivity index (χ4v) is 2.55. The monoisotopic (exact) mass is 217 g/mol. The summed E-state index contributed by atoms with van der Waals surface area (Å²) in [6, 6.07) is 0.167. The molecule has 1 unspecified atom stereocenters. The molecule has 1 saturated carbocycles. The highest BCUT2D eigenvalue weighted by atomic mass is 14.9. The van der Waals surface area contributed by atoms with Crippen molar-refractivity contribution in [1.29, 1.82) is 0 Å². The van der Waals surface area contributed by atoms with E-state index in [-0.39, 0.29) is 6.04 Å². The normalized spacial score (nSPS) is 23.9. The molecule has 3 heteroatoms. The van der Waals surface area contributed by atoms with Gasteiger partial charge < -0.3 is 5.73 Å². The lowest BCUT2D eigenvalue weighted by atomic mass is 10.0. The van der Waals surface area contributed by atoms with E-state index in [1.165, 1.54) is 29.8 Å². The van der Waals surface area contributed by atoms with Gasteiger partial charge in [0.1, 0.15) is 5.82 Å². The minimum absolute atomic E-state index is 0.167. The topological polar surface area (TPSA) is 51.8 Å². The molecule has 3 nitrogen and oxygen atoms in total. The summed E-state index contributed by atoms with van der Waals surface area (Å²) < 4.78 is 0.